The largest absolute Gasteiger partial charge is 0.508 e. The van der Waals surface area contributed by atoms with Crippen molar-refractivity contribution in [3.05, 3.63) is 77.9 Å². The monoisotopic (exact) mass is 554 g/mol. The minimum atomic E-state index is 0.282. The first-order chi connectivity index (χ1) is 20.2. The summed E-state index contributed by atoms with van der Waals surface area (Å²) in [7, 11) is 0. The summed E-state index contributed by atoms with van der Waals surface area (Å²) in [6.07, 6.45) is 12.5. The Morgan fingerprint density at radius 3 is 2.20 bits per heavy atom. The molecule has 41 heavy (non-hydrogen) atoms. The highest BCUT2D eigenvalue weighted by Crippen LogP contribution is 2.34. The molecule has 2 heterocycles. The number of likely N-dealkylation sites (tertiary alicyclic amines) is 2. The highest BCUT2D eigenvalue weighted by atomic mass is 16.5. The van der Waals surface area contributed by atoms with Crippen LogP contribution in [0.4, 0.5) is 0 Å². The van der Waals surface area contributed by atoms with Gasteiger partial charge in [-0.1, -0.05) is 49.2 Å². The van der Waals surface area contributed by atoms with E-state index in [1.165, 1.54) is 77.5 Å². The second-order valence-electron chi connectivity index (χ2n) is 12.2. The third-order valence-electron chi connectivity index (χ3n) is 9.31. The van der Waals surface area contributed by atoms with E-state index in [9.17, 15) is 5.11 Å². The van der Waals surface area contributed by atoms with E-state index < -0.39 is 0 Å². The van der Waals surface area contributed by atoms with Gasteiger partial charge in [-0.05, 0) is 118 Å². The molecule has 3 fully saturated rings. The Balaban J connectivity index is 1.09. The van der Waals surface area contributed by atoms with Gasteiger partial charge in [-0.25, -0.2) is 0 Å². The van der Waals surface area contributed by atoms with E-state index in [4.69, 9.17) is 9.47 Å². The zero-order chi connectivity index (χ0) is 27.9. The molecule has 1 N–H and O–H groups in total. The summed E-state index contributed by atoms with van der Waals surface area (Å²) in [4.78, 5) is 5.16. The Labute approximate surface area is 246 Å². The van der Waals surface area contributed by atoms with Crippen LogP contribution in [0.5, 0.6) is 17.2 Å². The average Bonchev–Trinajstić information content (AvgIpc) is 3.54. The molecular formula is C36H46N2O3. The fraction of sp³-hybridized carbons (Fsp3) is 0.500. The minimum absolute atomic E-state index is 0.282. The molecule has 1 saturated carbocycles. The number of piperidine rings is 1. The lowest BCUT2D eigenvalue weighted by atomic mass is 9.90. The predicted octanol–water partition coefficient (Wildman–Crippen LogP) is 7.30. The molecular weight excluding hydrogens is 508 g/mol. The molecule has 2 atom stereocenters. The van der Waals surface area contributed by atoms with Gasteiger partial charge in [0.05, 0.1) is 0 Å². The van der Waals surface area contributed by atoms with Crippen LogP contribution in [-0.4, -0.2) is 66.4 Å². The number of phenols is 1. The molecule has 2 saturated heterocycles. The predicted molar refractivity (Wildman–Crippen MR) is 166 cm³/mol. The van der Waals surface area contributed by atoms with Crippen molar-refractivity contribution in [1.29, 1.82) is 0 Å². The first kappa shape index (κ1) is 28.1. The molecule has 3 aromatic carbocycles. The van der Waals surface area contributed by atoms with Crippen LogP contribution in [0.25, 0.3) is 11.1 Å². The van der Waals surface area contributed by atoms with Gasteiger partial charge in [-0.3, -0.25) is 9.80 Å². The SMILES string of the molecule is Oc1cccc(-c2ccc(OCCN3CCCC3)cc2)c1Cc1ccc(OC2CCCCC2N2CCCCC2)cc1. The van der Waals surface area contributed by atoms with Crippen molar-refractivity contribution in [3.63, 3.8) is 0 Å². The van der Waals surface area contributed by atoms with Crippen molar-refractivity contribution in [1.82, 2.24) is 9.80 Å². The topological polar surface area (TPSA) is 45.2 Å². The van der Waals surface area contributed by atoms with Crippen LogP contribution in [0.15, 0.2) is 66.7 Å². The lowest BCUT2D eigenvalue weighted by Crippen LogP contribution is -2.49. The van der Waals surface area contributed by atoms with Gasteiger partial charge in [0, 0.05) is 24.6 Å². The van der Waals surface area contributed by atoms with Gasteiger partial charge in [0.25, 0.3) is 0 Å². The van der Waals surface area contributed by atoms with Crippen molar-refractivity contribution in [2.24, 2.45) is 0 Å². The average molecular weight is 555 g/mol. The summed E-state index contributed by atoms with van der Waals surface area (Å²) >= 11 is 0. The number of nitrogens with zero attached hydrogens (tertiary/aromatic N) is 2. The maximum absolute atomic E-state index is 10.9. The van der Waals surface area contributed by atoms with E-state index in [-0.39, 0.29) is 6.10 Å². The lowest BCUT2D eigenvalue weighted by molar-refractivity contribution is 0.0261. The normalized spacial score (nSPS) is 22.0. The van der Waals surface area contributed by atoms with Crippen LogP contribution < -0.4 is 9.47 Å². The fourth-order valence-electron chi connectivity index (χ4n) is 7.01. The van der Waals surface area contributed by atoms with Crippen molar-refractivity contribution in [2.45, 2.75) is 76.4 Å². The number of aromatic hydroxyl groups is 1. The number of ether oxygens (including phenoxy) is 2. The number of hydrogen-bond donors (Lipinski definition) is 1. The van der Waals surface area contributed by atoms with Gasteiger partial charge in [-0.2, -0.15) is 0 Å². The van der Waals surface area contributed by atoms with Crippen LogP contribution in [0.3, 0.4) is 0 Å². The smallest absolute Gasteiger partial charge is 0.119 e. The zero-order valence-electron chi connectivity index (χ0n) is 24.5. The Morgan fingerprint density at radius 1 is 0.707 bits per heavy atom. The Kier molecular flexibility index (Phi) is 9.44. The molecule has 0 radical (unpaired) electrons. The van der Waals surface area contributed by atoms with Gasteiger partial charge in [0.15, 0.2) is 0 Å². The molecule has 2 aliphatic heterocycles. The van der Waals surface area contributed by atoms with Crippen molar-refractivity contribution >= 4 is 0 Å². The zero-order valence-corrected chi connectivity index (χ0v) is 24.5. The maximum atomic E-state index is 10.9. The molecule has 3 aromatic rings. The van der Waals surface area contributed by atoms with Crippen molar-refractivity contribution in [3.8, 4) is 28.4 Å². The molecule has 218 valence electrons. The van der Waals surface area contributed by atoms with Crippen LogP contribution >= 0.6 is 0 Å². The van der Waals surface area contributed by atoms with Crippen LogP contribution in [0, 0.1) is 0 Å². The molecule has 1 aliphatic carbocycles. The number of benzene rings is 3. The first-order valence-corrected chi connectivity index (χ1v) is 16.0. The molecule has 2 unspecified atom stereocenters. The van der Waals surface area contributed by atoms with E-state index in [1.807, 2.05) is 18.2 Å². The molecule has 0 amide bonds. The van der Waals surface area contributed by atoms with E-state index in [0.29, 0.717) is 18.2 Å². The number of phenolic OH excluding ortho intramolecular Hbond substituents is 1. The fourth-order valence-corrected chi connectivity index (χ4v) is 7.01. The summed E-state index contributed by atoms with van der Waals surface area (Å²) in [5.74, 6) is 2.19. The van der Waals surface area contributed by atoms with E-state index in [1.54, 1.807) is 6.07 Å². The highest BCUT2D eigenvalue weighted by molar-refractivity contribution is 5.71. The van der Waals surface area contributed by atoms with Gasteiger partial charge >= 0.3 is 0 Å². The van der Waals surface area contributed by atoms with E-state index in [2.05, 4.69) is 52.3 Å². The van der Waals surface area contributed by atoms with Crippen LogP contribution in [-0.2, 0) is 6.42 Å². The molecule has 0 spiro atoms. The molecule has 0 bridgehead atoms. The maximum Gasteiger partial charge on any atom is 0.119 e. The number of hydrogen-bond acceptors (Lipinski definition) is 5. The standard InChI is InChI=1S/C36H46N2O3/c39-35-11-8-9-32(29-15-19-30(20-16-29)40-26-25-37-21-6-7-22-37)33(35)27-28-13-17-31(18-14-28)41-36-12-3-2-10-34(36)38-23-4-1-5-24-38/h8-9,11,13-20,34,36,39H,1-7,10,12,21-27H2. The van der Waals surface area contributed by atoms with Crippen LogP contribution in [0.1, 0.15) is 68.9 Å². The minimum Gasteiger partial charge on any atom is -0.508 e. The van der Waals surface area contributed by atoms with Crippen molar-refractivity contribution in [2.75, 3.05) is 39.3 Å². The van der Waals surface area contributed by atoms with Gasteiger partial charge in [0.1, 0.15) is 30.0 Å². The number of rotatable bonds is 10. The second kappa shape index (κ2) is 13.8. The van der Waals surface area contributed by atoms with E-state index in [0.717, 1.165) is 53.3 Å². The Bertz CT molecular complexity index is 1230. The summed E-state index contributed by atoms with van der Waals surface area (Å²) in [5, 5.41) is 10.9. The van der Waals surface area contributed by atoms with Crippen molar-refractivity contribution < 1.29 is 14.6 Å². The molecule has 3 aliphatic rings. The van der Waals surface area contributed by atoms with Gasteiger partial charge < -0.3 is 14.6 Å². The third kappa shape index (κ3) is 7.25. The second-order valence-corrected chi connectivity index (χ2v) is 12.2. The van der Waals surface area contributed by atoms with Gasteiger partial charge in [0.2, 0.25) is 0 Å². The van der Waals surface area contributed by atoms with Crippen LogP contribution in [0.2, 0.25) is 0 Å². The summed E-state index contributed by atoms with van der Waals surface area (Å²) in [5.41, 5.74) is 4.25. The molecule has 0 aromatic heterocycles. The molecule has 5 heteroatoms. The quantitative estimate of drug-likeness (QED) is 0.285. The summed E-state index contributed by atoms with van der Waals surface area (Å²) in [6, 6.07) is 23.2. The summed E-state index contributed by atoms with van der Waals surface area (Å²) < 4.78 is 12.6. The van der Waals surface area contributed by atoms with E-state index >= 15 is 0 Å². The molecule has 5 nitrogen and oxygen atoms in total. The highest BCUT2D eigenvalue weighted by Gasteiger charge is 2.32. The Morgan fingerprint density at radius 2 is 1.41 bits per heavy atom. The first-order valence-electron chi connectivity index (χ1n) is 16.0. The summed E-state index contributed by atoms with van der Waals surface area (Å²) in [6.45, 7) is 6.54. The lowest BCUT2D eigenvalue weighted by Gasteiger charge is -2.41. The molecule has 6 rings (SSSR count). The van der Waals surface area contributed by atoms with Gasteiger partial charge in [-0.15, -0.1) is 0 Å². The Hall–Kier alpha value is -3.02. The third-order valence-corrected chi connectivity index (χ3v) is 9.31.